The van der Waals surface area contributed by atoms with E-state index in [1.54, 1.807) is 11.1 Å². The Morgan fingerprint density at radius 2 is 2.06 bits per heavy atom. The van der Waals surface area contributed by atoms with Crippen LogP contribution >= 0.6 is 0 Å². The largest absolute Gasteiger partial charge is 0.307 e. The number of fused-ring (bicyclic) bond motifs is 1. The predicted octanol–water partition coefficient (Wildman–Crippen LogP) is 3.63. The molecule has 1 aromatic carbocycles. The van der Waals surface area contributed by atoms with E-state index in [9.17, 15) is 0 Å². The van der Waals surface area contributed by atoms with Gasteiger partial charge in [0.2, 0.25) is 0 Å². The van der Waals surface area contributed by atoms with E-state index < -0.39 is 0 Å². The third-order valence-electron chi connectivity index (χ3n) is 3.95. The van der Waals surface area contributed by atoms with E-state index in [4.69, 9.17) is 0 Å². The normalized spacial score (nSPS) is 24.1. The van der Waals surface area contributed by atoms with Gasteiger partial charge in [-0.1, -0.05) is 51.0 Å². The van der Waals surface area contributed by atoms with Gasteiger partial charge in [-0.3, -0.25) is 0 Å². The topological polar surface area (TPSA) is 12.0 Å². The van der Waals surface area contributed by atoms with Crippen LogP contribution in [0.15, 0.2) is 24.3 Å². The SMILES string of the molecule is CCCCC1(CC)NCCc2ccccc21. The number of hydrogen-bond donors (Lipinski definition) is 1. The van der Waals surface area contributed by atoms with Gasteiger partial charge in [-0.25, -0.2) is 0 Å². The molecule has 1 aliphatic heterocycles. The Balaban J connectivity index is 2.33. The molecule has 1 aliphatic rings. The molecule has 88 valence electrons. The summed E-state index contributed by atoms with van der Waals surface area (Å²) in [6, 6.07) is 8.97. The van der Waals surface area contributed by atoms with Crippen LogP contribution in [0.2, 0.25) is 0 Å². The van der Waals surface area contributed by atoms with Crippen molar-refractivity contribution in [3.8, 4) is 0 Å². The molecule has 1 nitrogen and oxygen atoms in total. The first-order valence-corrected chi connectivity index (χ1v) is 6.66. The summed E-state index contributed by atoms with van der Waals surface area (Å²) in [6.45, 7) is 5.72. The fourth-order valence-corrected chi connectivity index (χ4v) is 2.93. The molecule has 0 spiro atoms. The summed E-state index contributed by atoms with van der Waals surface area (Å²) in [5.41, 5.74) is 3.36. The molecule has 0 saturated carbocycles. The summed E-state index contributed by atoms with van der Waals surface area (Å²) >= 11 is 0. The van der Waals surface area contributed by atoms with Gasteiger partial charge in [0, 0.05) is 12.1 Å². The van der Waals surface area contributed by atoms with Crippen molar-refractivity contribution in [1.29, 1.82) is 0 Å². The van der Waals surface area contributed by atoms with E-state index in [2.05, 4.69) is 43.4 Å². The van der Waals surface area contributed by atoms with Gasteiger partial charge in [-0.05, 0) is 30.4 Å². The first-order valence-electron chi connectivity index (χ1n) is 6.66. The third kappa shape index (κ3) is 2.01. The fourth-order valence-electron chi connectivity index (χ4n) is 2.93. The third-order valence-corrected chi connectivity index (χ3v) is 3.95. The molecule has 1 heterocycles. The molecular formula is C15H23N. The summed E-state index contributed by atoms with van der Waals surface area (Å²) in [7, 11) is 0. The molecule has 0 saturated heterocycles. The standard InChI is InChI=1S/C15H23N/c1-3-5-11-15(4-2)14-9-7-6-8-13(14)10-12-16-15/h6-9,16H,3-5,10-12H2,1-2H3. The smallest absolute Gasteiger partial charge is 0.0434 e. The summed E-state index contributed by atoms with van der Waals surface area (Å²) in [4.78, 5) is 0. The lowest BCUT2D eigenvalue weighted by molar-refractivity contribution is 0.274. The van der Waals surface area contributed by atoms with Gasteiger partial charge < -0.3 is 5.32 Å². The molecule has 1 unspecified atom stereocenters. The van der Waals surface area contributed by atoms with E-state index in [-0.39, 0.29) is 5.54 Å². The van der Waals surface area contributed by atoms with Crippen molar-refractivity contribution in [2.45, 2.75) is 51.5 Å². The number of unbranched alkanes of at least 4 members (excludes halogenated alkanes) is 1. The second-order valence-corrected chi connectivity index (χ2v) is 4.87. The van der Waals surface area contributed by atoms with Gasteiger partial charge in [0.25, 0.3) is 0 Å². The highest BCUT2D eigenvalue weighted by atomic mass is 15.0. The van der Waals surface area contributed by atoms with Crippen molar-refractivity contribution in [3.05, 3.63) is 35.4 Å². The van der Waals surface area contributed by atoms with Crippen LogP contribution in [0.5, 0.6) is 0 Å². The first-order chi connectivity index (χ1) is 7.82. The lowest BCUT2D eigenvalue weighted by Gasteiger charge is -2.40. The number of rotatable bonds is 4. The Kier molecular flexibility index (Phi) is 3.65. The lowest BCUT2D eigenvalue weighted by Crippen LogP contribution is -2.46. The van der Waals surface area contributed by atoms with Crippen LogP contribution in [0, 0.1) is 0 Å². The molecule has 0 fully saturated rings. The minimum absolute atomic E-state index is 0.255. The van der Waals surface area contributed by atoms with Gasteiger partial charge in [0.05, 0.1) is 0 Å². The molecule has 0 bridgehead atoms. The number of nitrogens with one attached hydrogen (secondary N) is 1. The summed E-state index contributed by atoms with van der Waals surface area (Å²) in [6.07, 6.45) is 6.26. The number of hydrogen-bond acceptors (Lipinski definition) is 1. The Bertz CT molecular complexity index is 345. The molecule has 16 heavy (non-hydrogen) atoms. The molecular weight excluding hydrogens is 194 g/mol. The van der Waals surface area contributed by atoms with Crippen LogP contribution in [-0.4, -0.2) is 6.54 Å². The Hall–Kier alpha value is -0.820. The van der Waals surface area contributed by atoms with Crippen LogP contribution in [0.25, 0.3) is 0 Å². The highest BCUT2D eigenvalue weighted by molar-refractivity contribution is 5.36. The van der Waals surface area contributed by atoms with Gasteiger partial charge in [-0.15, -0.1) is 0 Å². The van der Waals surface area contributed by atoms with E-state index >= 15 is 0 Å². The van der Waals surface area contributed by atoms with Crippen molar-refractivity contribution >= 4 is 0 Å². The average molecular weight is 217 g/mol. The zero-order valence-electron chi connectivity index (χ0n) is 10.6. The van der Waals surface area contributed by atoms with Crippen LogP contribution < -0.4 is 5.32 Å². The molecule has 0 radical (unpaired) electrons. The molecule has 0 aliphatic carbocycles. The minimum Gasteiger partial charge on any atom is -0.307 e. The lowest BCUT2D eigenvalue weighted by atomic mass is 9.77. The molecule has 0 amide bonds. The molecule has 2 rings (SSSR count). The predicted molar refractivity (Wildman–Crippen MR) is 69.6 cm³/mol. The van der Waals surface area contributed by atoms with Crippen LogP contribution in [0.4, 0.5) is 0 Å². The van der Waals surface area contributed by atoms with Gasteiger partial charge >= 0.3 is 0 Å². The van der Waals surface area contributed by atoms with Crippen LogP contribution in [0.1, 0.15) is 50.7 Å². The second kappa shape index (κ2) is 5.01. The summed E-state index contributed by atoms with van der Waals surface area (Å²) in [5, 5.41) is 3.77. The van der Waals surface area contributed by atoms with Crippen molar-refractivity contribution in [2.24, 2.45) is 0 Å². The maximum Gasteiger partial charge on any atom is 0.0434 e. The number of benzene rings is 1. The van der Waals surface area contributed by atoms with Crippen LogP contribution in [0.3, 0.4) is 0 Å². The second-order valence-electron chi connectivity index (χ2n) is 4.87. The first kappa shape index (κ1) is 11.7. The zero-order chi connectivity index (χ0) is 11.4. The van der Waals surface area contributed by atoms with Crippen molar-refractivity contribution in [2.75, 3.05) is 6.54 Å². The maximum absolute atomic E-state index is 3.77. The van der Waals surface area contributed by atoms with Crippen LogP contribution in [-0.2, 0) is 12.0 Å². The Labute approximate surface area is 99.3 Å². The molecule has 1 atom stereocenters. The molecule has 1 heteroatoms. The quantitative estimate of drug-likeness (QED) is 0.812. The highest BCUT2D eigenvalue weighted by Gasteiger charge is 2.33. The van der Waals surface area contributed by atoms with Crippen molar-refractivity contribution < 1.29 is 0 Å². The zero-order valence-corrected chi connectivity index (χ0v) is 10.6. The fraction of sp³-hybridized carbons (Fsp3) is 0.600. The van der Waals surface area contributed by atoms with E-state index in [0.29, 0.717) is 0 Å². The van der Waals surface area contributed by atoms with Gasteiger partial charge in [0.1, 0.15) is 0 Å². The monoisotopic (exact) mass is 217 g/mol. The van der Waals surface area contributed by atoms with Crippen molar-refractivity contribution in [3.63, 3.8) is 0 Å². The van der Waals surface area contributed by atoms with E-state index in [1.165, 1.54) is 32.1 Å². The molecule has 1 aromatic rings. The van der Waals surface area contributed by atoms with Gasteiger partial charge in [0.15, 0.2) is 0 Å². The Morgan fingerprint density at radius 1 is 1.25 bits per heavy atom. The minimum atomic E-state index is 0.255. The Morgan fingerprint density at radius 3 is 2.81 bits per heavy atom. The summed E-state index contributed by atoms with van der Waals surface area (Å²) < 4.78 is 0. The van der Waals surface area contributed by atoms with E-state index in [0.717, 1.165) is 6.54 Å². The van der Waals surface area contributed by atoms with Gasteiger partial charge in [-0.2, -0.15) is 0 Å². The van der Waals surface area contributed by atoms with Crippen molar-refractivity contribution in [1.82, 2.24) is 5.32 Å². The van der Waals surface area contributed by atoms with E-state index in [1.807, 2.05) is 0 Å². The maximum atomic E-state index is 3.77. The summed E-state index contributed by atoms with van der Waals surface area (Å²) in [5.74, 6) is 0. The highest BCUT2D eigenvalue weighted by Crippen LogP contribution is 2.35. The molecule has 1 N–H and O–H groups in total. The molecule has 0 aromatic heterocycles. The average Bonchev–Trinajstić information content (AvgIpc) is 2.36.